The van der Waals surface area contributed by atoms with Crippen LogP contribution < -0.4 is 5.32 Å². The second-order valence-corrected chi connectivity index (χ2v) is 6.28. The van der Waals surface area contributed by atoms with Gasteiger partial charge in [0.05, 0.1) is 23.9 Å². The normalized spacial score (nSPS) is 25.2. The lowest BCUT2D eigenvalue weighted by Gasteiger charge is -2.31. The number of aliphatic hydroxyl groups excluding tert-OH is 1. The van der Waals surface area contributed by atoms with Gasteiger partial charge in [0.2, 0.25) is 0 Å². The number of aliphatic hydroxyl groups is 1. The van der Waals surface area contributed by atoms with E-state index in [0.717, 1.165) is 24.9 Å². The third kappa shape index (κ3) is 3.56. The molecule has 1 aromatic rings. The molecule has 19 heavy (non-hydrogen) atoms. The Morgan fingerprint density at radius 2 is 2.05 bits per heavy atom. The summed E-state index contributed by atoms with van der Waals surface area (Å²) in [7, 11) is 0. The molecular formula is C16H25NO2. The first-order valence-electron chi connectivity index (χ1n) is 7.04. The Labute approximate surface area is 116 Å². The highest BCUT2D eigenvalue weighted by Crippen LogP contribution is 2.29. The number of ether oxygens (including phenoxy) is 1. The van der Waals surface area contributed by atoms with Crippen molar-refractivity contribution in [3.8, 4) is 0 Å². The SMILES string of the molecule is CC1(C)CCC(CNC(C)(CO)c2ccccc2)O1. The fourth-order valence-electron chi connectivity index (χ4n) is 2.62. The van der Waals surface area contributed by atoms with E-state index in [4.69, 9.17) is 4.74 Å². The summed E-state index contributed by atoms with van der Waals surface area (Å²) in [6.45, 7) is 7.15. The molecule has 2 N–H and O–H groups in total. The van der Waals surface area contributed by atoms with E-state index in [-0.39, 0.29) is 18.3 Å². The summed E-state index contributed by atoms with van der Waals surface area (Å²) in [4.78, 5) is 0. The van der Waals surface area contributed by atoms with Crippen LogP contribution in [-0.4, -0.2) is 30.0 Å². The Balaban J connectivity index is 1.96. The molecule has 0 saturated carbocycles. The van der Waals surface area contributed by atoms with E-state index in [9.17, 15) is 5.11 Å². The third-order valence-electron chi connectivity index (χ3n) is 4.00. The third-order valence-corrected chi connectivity index (χ3v) is 4.00. The minimum Gasteiger partial charge on any atom is -0.394 e. The van der Waals surface area contributed by atoms with Crippen LogP contribution in [0.3, 0.4) is 0 Å². The van der Waals surface area contributed by atoms with Crippen molar-refractivity contribution >= 4 is 0 Å². The van der Waals surface area contributed by atoms with Crippen LogP contribution in [0.15, 0.2) is 30.3 Å². The Morgan fingerprint density at radius 3 is 2.58 bits per heavy atom. The summed E-state index contributed by atoms with van der Waals surface area (Å²) in [5.74, 6) is 0. The van der Waals surface area contributed by atoms with Gasteiger partial charge in [0.15, 0.2) is 0 Å². The maximum Gasteiger partial charge on any atom is 0.0708 e. The molecule has 0 bridgehead atoms. The van der Waals surface area contributed by atoms with E-state index < -0.39 is 5.54 Å². The first kappa shape index (κ1) is 14.5. The summed E-state index contributed by atoms with van der Waals surface area (Å²) in [6.07, 6.45) is 2.42. The first-order chi connectivity index (χ1) is 8.95. The van der Waals surface area contributed by atoms with Crippen molar-refractivity contribution < 1.29 is 9.84 Å². The van der Waals surface area contributed by atoms with Crippen LogP contribution in [0.4, 0.5) is 0 Å². The average molecular weight is 263 g/mol. The largest absolute Gasteiger partial charge is 0.394 e. The molecule has 3 heteroatoms. The predicted octanol–water partition coefficient (Wildman–Crippen LogP) is 2.44. The van der Waals surface area contributed by atoms with Crippen LogP contribution in [0, 0.1) is 0 Å². The van der Waals surface area contributed by atoms with Gasteiger partial charge >= 0.3 is 0 Å². The lowest BCUT2D eigenvalue weighted by molar-refractivity contribution is -0.0183. The summed E-state index contributed by atoms with van der Waals surface area (Å²) in [5.41, 5.74) is 0.696. The second-order valence-electron chi connectivity index (χ2n) is 6.28. The number of benzene rings is 1. The molecule has 2 atom stereocenters. The van der Waals surface area contributed by atoms with Crippen LogP contribution in [-0.2, 0) is 10.3 Å². The standard InChI is InChI=1S/C16H25NO2/c1-15(2)10-9-14(19-15)11-17-16(3,12-18)13-7-5-4-6-8-13/h4-8,14,17-18H,9-12H2,1-3H3. The fourth-order valence-corrected chi connectivity index (χ4v) is 2.62. The zero-order valence-corrected chi connectivity index (χ0v) is 12.1. The molecule has 1 aliphatic rings. The smallest absolute Gasteiger partial charge is 0.0708 e. The van der Waals surface area contributed by atoms with E-state index in [1.807, 2.05) is 37.3 Å². The summed E-state index contributed by atoms with van der Waals surface area (Å²) >= 11 is 0. The average Bonchev–Trinajstić information content (AvgIpc) is 2.77. The van der Waals surface area contributed by atoms with Gasteiger partial charge in [-0.25, -0.2) is 0 Å². The quantitative estimate of drug-likeness (QED) is 0.857. The Kier molecular flexibility index (Phi) is 4.29. The van der Waals surface area contributed by atoms with E-state index in [1.54, 1.807) is 0 Å². The molecule has 1 saturated heterocycles. The van der Waals surface area contributed by atoms with Crippen molar-refractivity contribution in [2.45, 2.75) is 50.9 Å². The molecule has 106 valence electrons. The number of nitrogens with one attached hydrogen (secondary N) is 1. The highest BCUT2D eigenvalue weighted by atomic mass is 16.5. The molecule has 0 radical (unpaired) electrons. The molecule has 2 unspecified atom stereocenters. The molecule has 0 aromatic heterocycles. The highest BCUT2D eigenvalue weighted by molar-refractivity contribution is 5.23. The minimum atomic E-state index is -0.405. The van der Waals surface area contributed by atoms with Crippen molar-refractivity contribution in [1.29, 1.82) is 0 Å². The van der Waals surface area contributed by atoms with E-state index in [1.165, 1.54) is 0 Å². The molecule has 2 rings (SSSR count). The maximum absolute atomic E-state index is 9.71. The van der Waals surface area contributed by atoms with Crippen molar-refractivity contribution in [3.05, 3.63) is 35.9 Å². The number of rotatable bonds is 5. The molecule has 1 aromatic carbocycles. The molecule has 0 aliphatic carbocycles. The monoisotopic (exact) mass is 263 g/mol. The molecular weight excluding hydrogens is 238 g/mol. The maximum atomic E-state index is 9.71. The minimum absolute atomic E-state index is 0.00525. The molecule has 0 spiro atoms. The molecule has 1 heterocycles. The number of hydrogen-bond acceptors (Lipinski definition) is 3. The second kappa shape index (κ2) is 5.61. The fraction of sp³-hybridized carbons (Fsp3) is 0.625. The van der Waals surface area contributed by atoms with Crippen molar-refractivity contribution in [2.24, 2.45) is 0 Å². The van der Waals surface area contributed by atoms with E-state index in [0.29, 0.717) is 0 Å². The van der Waals surface area contributed by atoms with Gasteiger partial charge in [0, 0.05) is 6.54 Å². The van der Waals surface area contributed by atoms with Gasteiger partial charge in [0.25, 0.3) is 0 Å². The van der Waals surface area contributed by atoms with Crippen LogP contribution in [0.2, 0.25) is 0 Å². The topological polar surface area (TPSA) is 41.5 Å². The predicted molar refractivity (Wildman–Crippen MR) is 77.1 cm³/mol. The van der Waals surface area contributed by atoms with E-state index >= 15 is 0 Å². The molecule has 3 nitrogen and oxygen atoms in total. The van der Waals surface area contributed by atoms with Crippen molar-refractivity contribution in [3.63, 3.8) is 0 Å². The Hall–Kier alpha value is -0.900. The van der Waals surface area contributed by atoms with Crippen LogP contribution in [0.25, 0.3) is 0 Å². The lowest BCUT2D eigenvalue weighted by atomic mass is 9.92. The van der Waals surface area contributed by atoms with Crippen LogP contribution >= 0.6 is 0 Å². The van der Waals surface area contributed by atoms with Crippen LogP contribution in [0.5, 0.6) is 0 Å². The number of hydrogen-bond donors (Lipinski definition) is 2. The van der Waals surface area contributed by atoms with Gasteiger partial charge in [0.1, 0.15) is 0 Å². The highest BCUT2D eigenvalue weighted by Gasteiger charge is 2.33. The lowest BCUT2D eigenvalue weighted by Crippen LogP contribution is -2.46. The van der Waals surface area contributed by atoms with Gasteiger partial charge in [-0.05, 0) is 39.2 Å². The van der Waals surface area contributed by atoms with Gasteiger partial charge in [-0.3, -0.25) is 0 Å². The van der Waals surface area contributed by atoms with Crippen LogP contribution in [0.1, 0.15) is 39.2 Å². The van der Waals surface area contributed by atoms with Gasteiger partial charge in [-0.15, -0.1) is 0 Å². The summed E-state index contributed by atoms with van der Waals surface area (Å²) in [6, 6.07) is 10.1. The molecule has 1 fully saturated rings. The Morgan fingerprint density at radius 1 is 1.37 bits per heavy atom. The van der Waals surface area contributed by atoms with Crippen molar-refractivity contribution in [2.75, 3.05) is 13.2 Å². The zero-order chi connectivity index (χ0) is 13.9. The Bertz CT molecular complexity index is 404. The molecule has 1 aliphatic heterocycles. The van der Waals surface area contributed by atoms with Gasteiger partial charge < -0.3 is 15.2 Å². The summed E-state index contributed by atoms with van der Waals surface area (Å²) in [5, 5.41) is 13.2. The first-order valence-corrected chi connectivity index (χ1v) is 7.04. The summed E-state index contributed by atoms with van der Waals surface area (Å²) < 4.78 is 5.98. The van der Waals surface area contributed by atoms with Gasteiger partial charge in [-0.2, -0.15) is 0 Å². The zero-order valence-electron chi connectivity index (χ0n) is 12.1. The molecule has 0 amide bonds. The van der Waals surface area contributed by atoms with E-state index in [2.05, 4.69) is 19.2 Å². The van der Waals surface area contributed by atoms with Gasteiger partial charge in [-0.1, -0.05) is 30.3 Å². The van der Waals surface area contributed by atoms with Crippen molar-refractivity contribution in [1.82, 2.24) is 5.32 Å².